The van der Waals surface area contributed by atoms with Crippen LogP contribution in [-0.4, -0.2) is 34.5 Å². The first kappa shape index (κ1) is 18.3. The molecule has 21 heavy (non-hydrogen) atoms. The van der Waals surface area contributed by atoms with Gasteiger partial charge in [-0.25, -0.2) is 4.98 Å². The number of carbonyl (C=O) groups excluding carboxylic acids is 1. The number of fused-ring (bicyclic) bond motifs is 1. The highest BCUT2D eigenvalue weighted by molar-refractivity contribution is 5.85. The predicted molar refractivity (Wildman–Crippen MR) is 87.1 cm³/mol. The zero-order chi connectivity index (χ0) is 13.1. The van der Waals surface area contributed by atoms with E-state index >= 15 is 0 Å². The van der Waals surface area contributed by atoms with Crippen molar-refractivity contribution in [3.8, 4) is 0 Å². The number of hydrogen-bond donors (Lipinski definition) is 3. The van der Waals surface area contributed by atoms with Crippen molar-refractivity contribution in [2.75, 3.05) is 6.54 Å². The summed E-state index contributed by atoms with van der Waals surface area (Å²) in [6.07, 6.45) is 10.5. The fourth-order valence-corrected chi connectivity index (χ4v) is 3.38. The van der Waals surface area contributed by atoms with Crippen LogP contribution in [0.15, 0.2) is 12.4 Å². The van der Waals surface area contributed by atoms with E-state index in [4.69, 9.17) is 0 Å². The normalized spacial score (nSPS) is 27.1. The van der Waals surface area contributed by atoms with Gasteiger partial charge >= 0.3 is 0 Å². The molecule has 2 fully saturated rings. The standard InChI is InChI=1S/C14H22N4O.2ClH/c19-14(17-6-5-13-15-7-8-16-13)12-9-10-3-1-2-4-11(10)18-12;;/h7-8,10-12,18H,1-6,9H2,(H,15,16)(H,17,19);2*1H. The summed E-state index contributed by atoms with van der Waals surface area (Å²) < 4.78 is 0. The Morgan fingerprint density at radius 1 is 1.33 bits per heavy atom. The van der Waals surface area contributed by atoms with Gasteiger partial charge in [0.15, 0.2) is 0 Å². The minimum atomic E-state index is 0. The van der Waals surface area contributed by atoms with Gasteiger partial charge in [0, 0.05) is 31.4 Å². The minimum Gasteiger partial charge on any atom is -0.354 e. The summed E-state index contributed by atoms with van der Waals surface area (Å²) in [4.78, 5) is 19.3. The number of aromatic amines is 1. The number of nitrogens with zero attached hydrogens (tertiary/aromatic N) is 1. The highest BCUT2D eigenvalue weighted by Gasteiger charge is 2.37. The second-order valence-corrected chi connectivity index (χ2v) is 5.68. The Morgan fingerprint density at radius 2 is 2.14 bits per heavy atom. The van der Waals surface area contributed by atoms with Gasteiger partial charge in [0.1, 0.15) is 5.82 Å². The van der Waals surface area contributed by atoms with Crippen LogP contribution in [0.3, 0.4) is 0 Å². The van der Waals surface area contributed by atoms with Crippen molar-refractivity contribution in [1.82, 2.24) is 20.6 Å². The minimum absolute atomic E-state index is 0. The Morgan fingerprint density at radius 3 is 2.86 bits per heavy atom. The summed E-state index contributed by atoms with van der Waals surface area (Å²) in [7, 11) is 0. The Kier molecular flexibility index (Phi) is 7.49. The van der Waals surface area contributed by atoms with Gasteiger partial charge in [-0.15, -0.1) is 24.8 Å². The zero-order valence-electron chi connectivity index (χ0n) is 12.0. The Labute approximate surface area is 137 Å². The van der Waals surface area contributed by atoms with E-state index in [1.165, 1.54) is 25.7 Å². The summed E-state index contributed by atoms with van der Waals surface area (Å²) in [5.74, 6) is 1.80. The zero-order valence-corrected chi connectivity index (χ0v) is 13.6. The van der Waals surface area contributed by atoms with E-state index in [-0.39, 0.29) is 36.8 Å². The topological polar surface area (TPSA) is 69.8 Å². The molecule has 1 aliphatic heterocycles. The Hall–Kier alpha value is -0.780. The molecule has 1 aliphatic carbocycles. The van der Waals surface area contributed by atoms with Crippen LogP contribution in [0.2, 0.25) is 0 Å². The molecule has 5 nitrogen and oxygen atoms in total. The molecule has 1 saturated heterocycles. The molecule has 0 spiro atoms. The first-order chi connectivity index (χ1) is 9.33. The maximum atomic E-state index is 12.1. The van der Waals surface area contributed by atoms with Gasteiger partial charge in [0.2, 0.25) is 5.91 Å². The molecule has 3 atom stereocenters. The molecule has 1 aromatic heterocycles. The van der Waals surface area contributed by atoms with E-state index < -0.39 is 0 Å². The number of hydrogen-bond acceptors (Lipinski definition) is 3. The first-order valence-electron chi connectivity index (χ1n) is 7.35. The molecule has 0 aromatic carbocycles. The molecule has 3 unspecified atom stereocenters. The van der Waals surface area contributed by atoms with Crippen molar-refractivity contribution in [1.29, 1.82) is 0 Å². The summed E-state index contributed by atoms with van der Waals surface area (Å²) in [6.45, 7) is 0.653. The van der Waals surface area contributed by atoms with Crippen LogP contribution >= 0.6 is 24.8 Å². The van der Waals surface area contributed by atoms with Crippen molar-refractivity contribution < 1.29 is 4.79 Å². The molecule has 120 valence electrons. The number of aromatic nitrogens is 2. The van der Waals surface area contributed by atoms with E-state index in [2.05, 4.69) is 20.6 Å². The predicted octanol–water partition coefficient (Wildman–Crippen LogP) is 1.83. The quantitative estimate of drug-likeness (QED) is 0.786. The van der Waals surface area contributed by atoms with E-state index in [1.54, 1.807) is 12.4 Å². The van der Waals surface area contributed by atoms with Gasteiger partial charge in [-0.2, -0.15) is 0 Å². The maximum absolute atomic E-state index is 12.1. The third kappa shape index (κ3) is 4.59. The van der Waals surface area contributed by atoms with Gasteiger partial charge in [-0.05, 0) is 25.2 Å². The fourth-order valence-electron chi connectivity index (χ4n) is 3.38. The summed E-state index contributed by atoms with van der Waals surface area (Å²) in [5.41, 5.74) is 0. The van der Waals surface area contributed by atoms with Crippen LogP contribution in [-0.2, 0) is 11.2 Å². The van der Waals surface area contributed by atoms with Crippen LogP contribution < -0.4 is 10.6 Å². The van der Waals surface area contributed by atoms with Crippen molar-refractivity contribution in [3.05, 3.63) is 18.2 Å². The Balaban J connectivity index is 0.00000110. The molecule has 2 heterocycles. The number of halogens is 2. The third-order valence-electron chi connectivity index (χ3n) is 4.40. The lowest BCUT2D eigenvalue weighted by Crippen LogP contribution is -2.43. The molecule has 3 N–H and O–H groups in total. The highest BCUT2D eigenvalue weighted by atomic mass is 35.5. The maximum Gasteiger partial charge on any atom is 0.237 e. The lowest BCUT2D eigenvalue weighted by Gasteiger charge is -2.24. The van der Waals surface area contributed by atoms with Crippen molar-refractivity contribution in [2.24, 2.45) is 5.92 Å². The number of carbonyl (C=O) groups is 1. The number of nitrogens with one attached hydrogen (secondary N) is 3. The van der Waals surface area contributed by atoms with Crippen LogP contribution in [0, 0.1) is 5.92 Å². The third-order valence-corrected chi connectivity index (χ3v) is 4.40. The average Bonchev–Trinajstić information content (AvgIpc) is 3.07. The van der Waals surface area contributed by atoms with Crippen LogP contribution in [0.4, 0.5) is 0 Å². The number of imidazole rings is 1. The van der Waals surface area contributed by atoms with Crippen LogP contribution in [0.5, 0.6) is 0 Å². The SMILES string of the molecule is Cl.Cl.O=C(NCCc1ncc[nH]1)C1CC2CCCCC2N1. The number of amides is 1. The van der Waals surface area contributed by atoms with E-state index in [0.29, 0.717) is 12.6 Å². The molecule has 3 rings (SSSR count). The first-order valence-corrected chi connectivity index (χ1v) is 7.35. The van der Waals surface area contributed by atoms with E-state index in [1.807, 2.05) is 0 Å². The summed E-state index contributed by atoms with van der Waals surface area (Å²) >= 11 is 0. The molecular formula is C14H24Cl2N4O. The monoisotopic (exact) mass is 334 g/mol. The molecule has 1 saturated carbocycles. The lowest BCUT2D eigenvalue weighted by atomic mass is 9.85. The molecule has 2 aliphatic rings. The second-order valence-electron chi connectivity index (χ2n) is 5.68. The number of H-pyrrole nitrogens is 1. The summed E-state index contributed by atoms with van der Waals surface area (Å²) in [6, 6.07) is 0.597. The molecule has 0 radical (unpaired) electrons. The lowest BCUT2D eigenvalue weighted by molar-refractivity contribution is -0.122. The average molecular weight is 335 g/mol. The van der Waals surface area contributed by atoms with Gasteiger partial charge < -0.3 is 15.6 Å². The van der Waals surface area contributed by atoms with Gasteiger partial charge in [0.25, 0.3) is 0 Å². The van der Waals surface area contributed by atoms with E-state index in [0.717, 1.165) is 24.6 Å². The Bertz CT molecular complexity index is 413. The summed E-state index contributed by atoms with van der Waals surface area (Å²) in [5, 5.41) is 6.51. The van der Waals surface area contributed by atoms with Gasteiger partial charge in [-0.1, -0.05) is 12.8 Å². The largest absolute Gasteiger partial charge is 0.354 e. The number of rotatable bonds is 4. The molecule has 7 heteroatoms. The second kappa shape index (κ2) is 8.61. The molecule has 1 aromatic rings. The highest BCUT2D eigenvalue weighted by Crippen LogP contribution is 2.33. The van der Waals surface area contributed by atoms with Gasteiger partial charge in [0.05, 0.1) is 6.04 Å². The van der Waals surface area contributed by atoms with Crippen LogP contribution in [0.25, 0.3) is 0 Å². The smallest absolute Gasteiger partial charge is 0.237 e. The van der Waals surface area contributed by atoms with Crippen molar-refractivity contribution in [3.63, 3.8) is 0 Å². The van der Waals surface area contributed by atoms with Gasteiger partial charge in [-0.3, -0.25) is 4.79 Å². The van der Waals surface area contributed by atoms with Crippen molar-refractivity contribution >= 4 is 30.7 Å². The van der Waals surface area contributed by atoms with Crippen LogP contribution in [0.1, 0.15) is 37.9 Å². The molecule has 0 bridgehead atoms. The van der Waals surface area contributed by atoms with Crippen molar-refractivity contribution in [2.45, 2.75) is 50.6 Å². The van der Waals surface area contributed by atoms with E-state index in [9.17, 15) is 4.79 Å². The molecular weight excluding hydrogens is 311 g/mol. The fraction of sp³-hybridized carbons (Fsp3) is 0.714. The molecule has 1 amide bonds.